The molecule has 0 saturated carbocycles. The number of carbonyl (C=O) groups is 2. The SMILES string of the molecule is CCOC(=O)N1CCN(C(=O)CCn2ccccc2=O)CC1. The van der Waals surface area contributed by atoms with Crippen LogP contribution < -0.4 is 5.56 Å². The third kappa shape index (κ3) is 4.09. The number of aryl methyl sites for hydroxylation is 1. The number of aromatic nitrogens is 1. The van der Waals surface area contributed by atoms with Gasteiger partial charge in [-0.3, -0.25) is 9.59 Å². The molecule has 1 aromatic heterocycles. The molecule has 2 heterocycles. The summed E-state index contributed by atoms with van der Waals surface area (Å²) in [7, 11) is 0. The number of ether oxygens (including phenoxy) is 1. The van der Waals surface area contributed by atoms with Gasteiger partial charge in [-0.15, -0.1) is 0 Å². The number of carbonyl (C=O) groups excluding carboxylic acids is 2. The van der Waals surface area contributed by atoms with Crippen LogP contribution in [0, 0.1) is 0 Å². The lowest BCUT2D eigenvalue weighted by Gasteiger charge is -2.34. The Balaban J connectivity index is 1.79. The zero-order chi connectivity index (χ0) is 15.9. The lowest BCUT2D eigenvalue weighted by molar-refractivity contribution is -0.133. The van der Waals surface area contributed by atoms with Crippen LogP contribution in [-0.4, -0.2) is 59.2 Å². The minimum atomic E-state index is -0.328. The first kappa shape index (κ1) is 16.1. The van der Waals surface area contributed by atoms with Crippen LogP contribution in [0.25, 0.3) is 0 Å². The highest BCUT2D eigenvalue weighted by Gasteiger charge is 2.24. The molecule has 0 radical (unpaired) electrons. The van der Waals surface area contributed by atoms with Crippen molar-refractivity contribution in [3.8, 4) is 0 Å². The highest BCUT2D eigenvalue weighted by atomic mass is 16.6. The van der Waals surface area contributed by atoms with Gasteiger partial charge < -0.3 is 19.1 Å². The molecule has 120 valence electrons. The molecule has 7 heteroatoms. The summed E-state index contributed by atoms with van der Waals surface area (Å²) in [6, 6.07) is 4.92. The molecule has 1 fully saturated rings. The van der Waals surface area contributed by atoms with E-state index < -0.39 is 0 Å². The zero-order valence-electron chi connectivity index (χ0n) is 12.7. The summed E-state index contributed by atoms with van der Waals surface area (Å²) in [4.78, 5) is 38.6. The van der Waals surface area contributed by atoms with Crippen molar-refractivity contribution in [2.24, 2.45) is 0 Å². The lowest BCUT2D eigenvalue weighted by Crippen LogP contribution is -2.50. The number of pyridine rings is 1. The Labute approximate surface area is 129 Å². The number of piperazine rings is 1. The molecule has 1 aromatic rings. The number of amides is 2. The van der Waals surface area contributed by atoms with Crippen molar-refractivity contribution in [2.45, 2.75) is 19.9 Å². The Morgan fingerprint density at radius 3 is 2.45 bits per heavy atom. The van der Waals surface area contributed by atoms with Crippen LogP contribution in [0.15, 0.2) is 29.2 Å². The van der Waals surface area contributed by atoms with Crippen LogP contribution in [0.1, 0.15) is 13.3 Å². The van der Waals surface area contributed by atoms with Gasteiger partial charge in [0.1, 0.15) is 0 Å². The Morgan fingerprint density at radius 2 is 1.82 bits per heavy atom. The Bertz CT molecular complexity index is 576. The fraction of sp³-hybridized carbons (Fsp3) is 0.533. The largest absolute Gasteiger partial charge is 0.450 e. The van der Waals surface area contributed by atoms with Crippen LogP contribution >= 0.6 is 0 Å². The third-order valence-electron chi connectivity index (χ3n) is 3.62. The molecule has 0 unspecified atom stereocenters. The smallest absolute Gasteiger partial charge is 0.409 e. The summed E-state index contributed by atoms with van der Waals surface area (Å²) in [5.41, 5.74) is -0.109. The number of hydrogen-bond acceptors (Lipinski definition) is 4. The molecule has 7 nitrogen and oxygen atoms in total. The lowest BCUT2D eigenvalue weighted by atomic mass is 10.3. The van der Waals surface area contributed by atoms with E-state index in [1.807, 2.05) is 0 Å². The Hall–Kier alpha value is -2.31. The van der Waals surface area contributed by atoms with Crippen molar-refractivity contribution in [2.75, 3.05) is 32.8 Å². The molecule has 0 aromatic carbocycles. The van der Waals surface area contributed by atoms with E-state index in [0.717, 1.165) is 0 Å². The molecule has 0 atom stereocenters. The highest BCUT2D eigenvalue weighted by molar-refractivity contribution is 5.76. The summed E-state index contributed by atoms with van der Waals surface area (Å²) >= 11 is 0. The molecule has 0 spiro atoms. The minimum absolute atomic E-state index is 0.000683. The molecule has 0 bridgehead atoms. The van der Waals surface area contributed by atoms with Gasteiger partial charge in [-0.2, -0.15) is 0 Å². The van der Waals surface area contributed by atoms with Gasteiger partial charge in [0.2, 0.25) is 5.91 Å². The van der Waals surface area contributed by atoms with Gasteiger partial charge in [0.25, 0.3) is 5.56 Å². The van der Waals surface area contributed by atoms with Crippen LogP contribution in [-0.2, 0) is 16.1 Å². The maximum absolute atomic E-state index is 12.2. The second kappa shape index (κ2) is 7.63. The number of rotatable bonds is 4. The van der Waals surface area contributed by atoms with Gasteiger partial charge in [-0.1, -0.05) is 6.07 Å². The van der Waals surface area contributed by atoms with Crippen LogP contribution in [0.4, 0.5) is 4.79 Å². The van der Waals surface area contributed by atoms with Crippen molar-refractivity contribution in [3.63, 3.8) is 0 Å². The van der Waals surface area contributed by atoms with Crippen LogP contribution in [0.5, 0.6) is 0 Å². The van der Waals surface area contributed by atoms with Gasteiger partial charge in [-0.05, 0) is 13.0 Å². The summed E-state index contributed by atoms with van der Waals surface area (Å²) in [6.07, 6.45) is 1.63. The molecule has 2 rings (SSSR count). The summed E-state index contributed by atoms with van der Waals surface area (Å²) in [5, 5.41) is 0. The third-order valence-corrected chi connectivity index (χ3v) is 3.62. The van der Waals surface area contributed by atoms with E-state index in [0.29, 0.717) is 39.3 Å². The van der Waals surface area contributed by atoms with Gasteiger partial charge >= 0.3 is 6.09 Å². The minimum Gasteiger partial charge on any atom is -0.450 e. The highest BCUT2D eigenvalue weighted by Crippen LogP contribution is 2.06. The fourth-order valence-corrected chi connectivity index (χ4v) is 2.37. The molecule has 2 amide bonds. The molecular formula is C15H21N3O4. The van der Waals surface area contributed by atoms with Gasteiger partial charge in [0.15, 0.2) is 0 Å². The van der Waals surface area contributed by atoms with E-state index in [9.17, 15) is 14.4 Å². The molecule has 1 aliphatic heterocycles. The van der Waals surface area contributed by atoms with E-state index in [-0.39, 0.29) is 24.0 Å². The van der Waals surface area contributed by atoms with Crippen LogP contribution in [0.3, 0.4) is 0 Å². The first-order valence-corrected chi connectivity index (χ1v) is 7.46. The van der Waals surface area contributed by atoms with E-state index in [1.165, 1.54) is 10.6 Å². The fourth-order valence-electron chi connectivity index (χ4n) is 2.37. The van der Waals surface area contributed by atoms with Crippen molar-refractivity contribution < 1.29 is 14.3 Å². The van der Waals surface area contributed by atoms with Gasteiger partial charge in [0, 0.05) is 51.4 Å². The van der Waals surface area contributed by atoms with Crippen molar-refractivity contribution in [1.82, 2.24) is 14.4 Å². The summed E-state index contributed by atoms with van der Waals surface area (Å²) in [6.45, 7) is 4.46. The Morgan fingerprint density at radius 1 is 1.14 bits per heavy atom. The Kier molecular flexibility index (Phi) is 5.57. The first-order chi connectivity index (χ1) is 10.6. The number of hydrogen-bond donors (Lipinski definition) is 0. The van der Waals surface area contributed by atoms with E-state index in [2.05, 4.69) is 0 Å². The second-order valence-corrected chi connectivity index (χ2v) is 5.05. The first-order valence-electron chi connectivity index (χ1n) is 7.46. The average molecular weight is 307 g/mol. The van der Waals surface area contributed by atoms with Gasteiger partial charge in [-0.25, -0.2) is 4.79 Å². The summed E-state index contributed by atoms with van der Waals surface area (Å²) < 4.78 is 6.46. The van der Waals surface area contributed by atoms with Crippen molar-refractivity contribution in [3.05, 3.63) is 34.7 Å². The van der Waals surface area contributed by atoms with Crippen molar-refractivity contribution >= 4 is 12.0 Å². The van der Waals surface area contributed by atoms with E-state index >= 15 is 0 Å². The normalized spacial score (nSPS) is 14.8. The maximum atomic E-state index is 12.2. The maximum Gasteiger partial charge on any atom is 0.409 e. The van der Waals surface area contributed by atoms with Crippen molar-refractivity contribution in [1.29, 1.82) is 0 Å². The second-order valence-electron chi connectivity index (χ2n) is 5.05. The molecule has 1 aliphatic rings. The topological polar surface area (TPSA) is 71.8 Å². The average Bonchev–Trinajstić information content (AvgIpc) is 2.54. The monoisotopic (exact) mass is 307 g/mol. The quantitative estimate of drug-likeness (QED) is 0.814. The zero-order valence-corrected chi connectivity index (χ0v) is 12.7. The standard InChI is InChI=1S/C15H21N3O4/c1-2-22-15(21)18-11-9-17(10-12-18)14(20)6-8-16-7-4-3-5-13(16)19/h3-5,7H,2,6,8-12H2,1H3. The predicted octanol–water partition coefficient (Wildman–Crippen LogP) is 0.539. The molecular weight excluding hydrogens is 286 g/mol. The van der Waals surface area contributed by atoms with Crippen LogP contribution in [0.2, 0.25) is 0 Å². The number of nitrogens with zero attached hydrogens (tertiary/aromatic N) is 3. The van der Waals surface area contributed by atoms with E-state index in [1.54, 1.807) is 35.1 Å². The predicted molar refractivity (Wildman–Crippen MR) is 80.5 cm³/mol. The van der Waals surface area contributed by atoms with Gasteiger partial charge in [0.05, 0.1) is 6.61 Å². The molecule has 0 N–H and O–H groups in total. The summed E-state index contributed by atoms with van der Waals surface area (Å²) in [5.74, 6) is -0.000683. The molecule has 0 aliphatic carbocycles. The van der Waals surface area contributed by atoms with E-state index in [4.69, 9.17) is 4.74 Å². The molecule has 1 saturated heterocycles. The molecule has 22 heavy (non-hydrogen) atoms.